The molecular weight excluding hydrogens is 508 g/mol. The van der Waals surface area contributed by atoms with Gasteiger partial charge < -0.3 is 19.0 Å². The van der Waals surface area contributed by atoms with Crippen molar-refractivity contribution in [3.8, 4) is 28.7 Å². The molecule has 0 saturated carbocycles. The fourth-order valence-electron chi connectivity index (χ4n) is 4.93. The number of pyridine rings is 1. The molecule has 202 valence electrons. The number of anilines is 1. The number of carbonyl (C=O) groups excluding carboxylic acids is 1. The van der Waals surface area contributed by atoms with E-state index in [2.05, 4.69) is 4.98 Å². The van der Waals surface area contributed by atoms with Gasteiger partial charge in [0.15, 0.2) is 5.69 Å². The number of carbonyl (C=O) groups is 1. The van der Waals surface area contributed by atoms with Gasteiger partial charge in [-0.25, -0.2) is 9.67 Å². The molecule has 2 aromatic carbocycles. The van der Waals surface area contributed by atoms with E-state index >= 15 is 0 Å². The summed E-state index contributed by atoms with van der Waals surface area (Å²) in [5.41, 5.74) is 4.66. The van der Waals surface area contributed by atoms with Crippen molar-refractivity contribution in [1.82, 2.24) is 24.2 Å². The van der Waals surface area contributed by atoms with Crippen molar-refractivity contribution in [3.63, 3.8) is 0 Å². The molecule has 3 aromatic heterocycles. The molecule has 10 heteroatoms. The maximum absolute atomic E-state index is 14.1. The predicted molar refractivity (Wildman–Crippen MR) is 150 cm³/mol. The number of fused-ring (bicyclic) bond motifs is 1. The third-order valence-corrected chi connectivity index (χ3v) is 6.83. The van der Waals surface area contributed by atoms with E-state index in [1.54, 1.807) is 45.9 Å². The molecule has 0 spiro atoms. The van der Waals surface area contributed by atoms with Gasteiger partial charge in [0.2, 0.25) is 5.89 Å². The van der Waals surface area contributed by atoms with Crippen LogP contribution in [-0.4, -0.2) is 57.9 Å². The quantitative estimate of drug-likeness (QED) is 0.311. The second-order valence-electron chi connectivity index (χ2n) is 9.80. The van der Waals surface area contributed by atoms with Crippen LogP contribution in [0.5, 0.6) is 5.75 Å². The van der Waals surface area contributed by atoms with Gasteiger partial charge in [-0.1, -0.05) is 6.07 Å². The molecule has 5 aromatic rings. The number of rotatable bonds is 7. The van der Waals surface area contributed by atoms with E-state index in [9.17, 15) is 9.59 Å². The van der Waals surface area contributed by atoms with Crippen LogP contribution in [0, 0.1) is 0 Å². The number of nitrogens with zero attached hydrogens (tertiary/aromatic N) is 6. The first-order valence-electron chi connectivity index (χ1n) is 12.9. The Balaban J connectivity index is 1.40. The van der Waals surface area contributed by atoms with Gasteiger partial charge in [0.1, 0.15) is 17.7 Å². The van der Waals surface area contributed by atoms with Gasteiger partial charge in [0.25, 0.3) is 11.5 Å². The number of hydrogen-bond donors (Lipinski definition) is 0. The molecule has 0 aliphatic carbocycles. The number of benzene rings is 2. The van der Waals surface area contributed by atoms with Crippen LogP contribution in [0.15, 0.2) is 88.4 Å². The molecule has 0 bridgehead atoms. The highest BCUT2D eigenvalue weighted by atomic mass is 16.5. The normalized spacial score (nSPS) is 13.1. The molecule has 4 heterocycles. The molecule has 0 fully saturated rings. The third kappa shape index (κ3) is 4.58. The maximum atomic E-state index is 14.1. The minimum atomic E-state index is -0.180. The lowest BCUT2D eigenvalue weighted by Crippen LogP contribution is -2.38. The van der Waals surface area contributed by atoms with Crippen molar-refractivity contribution in [3.05, 3.63) is 106 Å². The van der Waals surface area contributed by atoms with Crippen molar-refractivity contribution < 1.29 is 13.9 Å². The Labute approximate surface area is 230 Å². The molecule has 1 aliphatic rings. The van der Waals surface area contributed by atoms with Gasteiger partial charge in [-0.3, -0.25) is 14.2 Å². The van der Waals surface area contributed by atoms with Crippen LogP contribution < -0.4 is 15.2 Å². The molecular formula is C30H28N6O4. The standard InChI is InChI=1S/C30H28N6O4/c1-33(2)18-20-19-40-29(31-20)27-25-15-17-35(22-9-7-21(8-10-22)34-16-5-4-6-26(34)37)30(38)28(25)36(32-27)23-11-13-24(39-3)14-12-23/h4-14,16,19H,15,17-18H2,1-3H3. The second kappa shape index (κ2) is 10.3. The van der Waals surface area contributed by atoms with Crippen LogP contribution in [0.1, 0.15) is 21.7 Å². The first-order valence-corrected chi connectivity index (χ1v) is 12.9. The summed E-state index contributed by atoms with van der Waals surface area (Å²) in [6.45, 7) is 1.09. The zero-order valence-electron chi connectivity index (χ0n) is 22.4. The monoisotopic (exact) mass is 536 g/mol. The minimum Gasteiger partial charge on any atom is -0.497 e. The maximum Gasteiger partial charge on any atom is 0.277 e. The summed E-state index contributed by atoms with van der Waals surface area (Å²) in [4.78, 5) is 34.7. The first kappa shape index (κ1) is 25.3. The SMILES string of the molecule is COc1ccc(-n2nc(-c3nc(CN(C)C)co3)c3c2C(=O)N(c2ccc(-n4ccccc4=O)cc2)CC3)cc1. The molecule has 1 aliphatic heterocycles. The number of methoxy groups -OCH3 is 1. The number of aromatic nitrogens is 4. The number of ether oxygens (including phenoxy) is 1. The molecule has 10 nitrogen and oxygen atoms in total. The highest BCUT2D eigenvalue weighted by molar-refractivity contribution is 6.08. The number of oxazole rings is 1. The van der Waals surface area contributed by atoms with Crippen LogP contribution in [0.2, 0.25) is 0 Å². The van der Waals surface area contributed by atoms with E-state index in [4.69, 9.17) is 14.3 Å². The fourth-order valence-corrected chi connectivity index (χ4v) is 4.93. The van der Waals surface area contributed by atoms with Gasteiger partial charge in [0.05, 0.1) is 18.5 Å². The van der Waals surface area contributed by atoms with E-state index in [1.165, 1.54) is 6.07 Å². The second-order valence-corrected chi connectivity index (χ2v) is 9.80. The van der Waals surface area contributed by atoms with Crippen LogP contribution in [0.25, 0.3) is 23.0 Å². The zero-order chi connectivity index (χ0) is 27.8. The number of hydrogen-bond acceptors (Lipinski definition) is 7. The Hall–Kier alpha value is -4.96. The average molecular weight is 537 g/mol. The summed E-state index contributed by atoms with van der Waals surface area (Å²) in [6, 6.07) is 19.8. The summed E-state index contributed by atoms with van der Waals surface area (Å²) in [5.74, 6) is 0.913. The minimum absolute atomic E-state index is 0.120. The van der Waals surface area contributed by atoms with Crippen LogP contribution in [0.3, 0.4) is 0 Å². The van der Waals surface area contributed by atoms with E-state index in [-0.39, 0.29) is 11.5 Å². The molecule has 1 amide bonds. The van der Waals surface area contributed by atoms with E-state index in [0.717, 1.165) is 28.3 Å². The van der Waals surface area contributed by atoms with Crippen molar-refractivity contribution in [2.24, 2.45) is 0 Å². The van der Waals surface area contributed by atoms with E-state index in [1.807, 2.05) is 67.5 Å². The lowest BCUT2D eigenvalue weighted by molar-refractivity contribution is 0.0973. The highest BCUT2D eigenvalue weighted by Gasteiger charge is 2.35. The third-order valence-electron chi connectivity index (χ3n) is 6.83. The average Bonchev–Trinajstić information content (AvgIpc) is 3.58. The molecule has 0 saturated heterocycles. The Bertz CT molecular complexity index is 1730. The lowest BCUT2D eigenvalue weighted by atomic mass is 10.0. The number of amides is 1. The van der Waals surface area contributed by atoms with E-state index in [0.29, 0.717) is 42.5 Å². The molecule has 0 unspecified atom stereocenters. The fraction of sp³-hybridized carbons (Fsp3) is 0.200. The molecule has 6 rings (SSSR count). The van der Waals surface area contributed by atoms with E-state index < -0.39 is 0 Å². The Morgan fingerprint density at radius 2 is 1.68 bits per heavy atom. The van der Waals surface area contributed by atoms with Crippen LogP contribution in [-0.2, 0) is 13.0 Å². The summed E-state index contributed by atoms with van der Waals surface area (Å²) >= 11 is 0. The summed E-state index contributed by atoms with van der Waals surface area (Å²) in [7, 11) is 5.54. The molecule has 0 radical (unpaired) electrons. The molecule has 0 N–H and O–H groups in total. The summed E-state index contributed by atoms with van der Waals surface area (Å²) in [6.07, 6.45) is 3.92. The van der Waals surface area contributed by atoms with Gasteiger partial charge in [0, 0.05) is 42.3 Å². The van der Waals surface area contributed by atoms with Crippen molar-refractivity contribution in [1.29, 1.82) is 0 Å². The molecule has 40 heavy (non-hydrogen) atoms. The van der Waals surface area contributed by atoms with Crippen molar-refractivity contribution >= 4 is 11.6 Å². The summed E-state index contributed by atoms with van der Waals surface area (Å²) in [5, 5.41) is 4.84. The van der Waals surface area contributed by atoms with Crippen LogP contribution in [0.4, 0.5) is 5.69 Å². The Kier molecular flexibility index (Phi) is 6.53. The Morgan fingerprint density at radius 3 is 2.38 bits per heavy atom. The van der Waals surface area contributed by atoms with Gasteiger partial charge in [-0.2, -0.15) is 5.10 Å². The topological polar surface area (TPSA) is 98.6 Å². The highest BCUT2D eigenvalue weighted by Crippen LogP contribution is 2.34. The van der Waals surface area contributed by atoms with Gasteiger partial charge >= 0.3 is 0 Å². The molecule has 0 atom stereocenters. The largest absolute Gasteiger partial charge is 0.497 e. The van der Waals surface area contributed by atoms with Crippen molar-refractivity contribution in [2.45, 2.75) is 13.0 Å². The smallest absolute Gasteiger partial charge is 0.277 e. The first-order chi connectivity index (χ1) is 19.4. The zero-order valence-corrected chi connectivity index (χ0v) is 22.4. The van der Waals surface area contributed by atoms with Gasteiger partial charge in [-0.15, -0.1) is 0 Å². The van der Waals surface area contributed by atoms with Crippen molar-refractivity contribution in [2.75, 3.05) is 32.6 Å². The van der Waals surface area contributed by atoms with Gasteiger partial charge in [-0.05, 0) is 75.1 Å². The predicted octanol–water partition coefficient (Wildman–Crippen LogP) is 3.95. The Morgan fingerprint density at radius 1 is 0.950 bits per heavy atom. The van der Waals surface area contributed by atoms with Crippen LogP contribution >= 0.6 is 0 Å². The lowest BCUT2D eigenvalue weighted by Gasteiger charge is -2.28. The summed E-state index contributed by atoms with van der Waals surface area (Å²) < 4.78 is 14.4.